The van der Waals surface area contributed by atoms with Gasteiger partial charge in [-0.3, -0.25) is 10.1 Å². The maximum absolute atomic E-state index is 11.0. The molecule has 6 nitrogen and oxygen atoms in total. The standard InChI is InChI=1S/C11H14BrN3O3/c1-7-4-9(2-3-18-7)14-11-10(15(16)17)5-8(12)6-13-11/h5-7,9H,2-4H2,1H3,(H,13,14). The number of hydrogen-bond acceptors (Lipinski definition) is 5. The molecule has 1 aromatic rings. The van der Waals surface area contributed by atoms with Gasteiger partial charge in [-0.25, -0.2) is 4.98 Å². The van der Waals surface area contributed by atoms with E-state index in [1.807, 2.05) is 6.92 Å². The molecule has 1 fully saturated rings. The van der Waals surface area contributed by atoms with E-state index in [2.05, 4.69) is 26.2 Å². The number of hydrogen-bond donors (Lipinski definition) is 1. The molecule has 0 radical (unpaired) electrons. The number of nitrogens with zero attached hydrogens (tertiary/aromatic N) is 2. The van der Waals surface area contributed by atoms with E-state index in [9.17, 15) is 10.1 Å². The van der Waals surface area contributed by atoms with Crippen molar-refractivity contribution in [3.05, 3.63) is 26.9 Å². The highest BCUT2D eigenvalue weighted by molar-refractivity contribution is 9.10. The summed E-state index contributed by atoms with van der Waals surface area (Å²) in [7, 11) is 0. The van der Waals surface area contributed by atoms with Gasteiger partial charge in [0, 0.05) is 29.4 Å². The van der Waals surface area contributed by atoms with Crippen LogP contribution >= 0.6 is 15.9 Å². The molecule has 2 atom stereocenters. The smallest absolute Gasteiger partial charge is 0.312 e. The van der Waals surface area contributed by atoms with Gasteiger partial charge in [0.2, 0.25) is 5.82 Å². The zero-order chi connectivity index (χ0) is 13.1. The zero-order valence-electron chi connectivity index (χ0n) is 9.93. The van der Waals surface area contributed by atoms with E-state index in [4.69, 9.17) is 4.74 Å². The van der Waals surface area contributed by atoms with Gasteiger partial charge < -0.3 is 10.1 Å². The fourth-order valence-corrected chi connectivity index (χ4v) is 2.32. The van der Waals surface area contributed by atoms with E-state index >= 15 is 0 Å². The Labute approximate surface area is 113 Å². The topological polar surface area (TPSA) is 77.3 Å². The summed E-state index contributed by atoms with van der Waals surface area (Å²) in [4.78, 5) is 14.6. The molecule has 0 aromatic carbocycles. The summed E-state index contributed by atoms with van der Waals surface area (Å²) < 4.78 is 6.04. The predicted molar refractivity (Wildman–Crippen MR) is 70.7 cm³/mol. The Morgan fingerprint density at radius 1 is 1.67 bits per heavy atom. The summed E-state index contributed by atoms with van der Waals surface area (Å²) in [5.74, 6) is 0.322. The van der Waals surface area contributed by atoms with Crippen LogP contribution in [0.3, 0.4) is 0 Å². The maximum atomic E-state index is 11.0. The number of nitrogens with one attached hydrogen (secondary N) is 1. The molecule has 1 saturated heterocycles. The van der Waals surface area contributed by atoms with Gasteiger partial charge >= 0.3 is 5.69 Å². The van der Waals surface area contributed by atoms with Gasteiger partial charge in [-0.05, 0) is 35.7 Å². The molecular weight excluding hydrogens is 302 g/mol. The molecule has 1 aliphatic rings. The fourth-order valence-electron chi connectivity index (χ4n) is 2.00. The lowest BCUT2D eigenvalue weighted by molar-refractivity contribution is -0.384. The second-order valence-corrected chi connectivity index (χ2v) is 5.24. The monoisotopic (exact) mass is 315 g/mol. The number of nitro groups is 1. The third-order valence-corrected chi connectivity index (χ3v) is 3.29. The lowest BCUT2D eigenvalue weighted by atomic mass is 10.0. The van der Waals surface area contributed by atoms with E-state index in [-0.39, 0.29) is 17.8 Å². The van der Waals surface area contributed by atoms with Gasteiger partial charge in [0.1, 0.15) is 0 Å². The van der Waals surface area contributed by atoms with E-state index < -0.39 is 4.92 Å². The van der Waals surface area contributed by atoms with Crippen LogP contribution in [0, 0.1) is 10.1 Å². The Morgan fingerprint density at radius 2 is 2.44 bits per heavy atom. The van der Waals surface area contributed by atoms with Crippen LogP contribution in [0.5, 0.6) is 0 Å². The van der Waals surface area contributed by atoms with Gasteiger partial charge in [-0.1, -0.05) is 0 Å². The molecule has 2 heterocycles. The van der Waals surface area contributed by atoms with E-state index in [1.54, 1.807) is 6.20 Å². The first-order valence-electron chi connectivity index (χ1n) is 5.74. The SMILES string of the molecule is CC1CC(Nc2ncc(Br)cc2[N+](=O)[O-])CCO1. The van der Waals surface area contributed by atoms with Crippen LogP contribution in [0.1, 0.15) is 19.8 Å². The molecule has 0 saturated carbocycles. The van der Waals surface area contributed by atoms with Crippen molar-refractivity contribution in [1.29, 1.82) is 0 Å². The Balaban J connectivity index is 2.15. The molecule has 2 rings (SSSR count). The van der Waals surface area contributed by atoms with Crippen LogP contribution < -0.4 is 5.32 Å². The molecule has 0 spiro atoms. The number of halogens is 1. The first-order valence-corrected chi connectivity index (χ1v) is 6.53. The second kappa shape index (κ2) is 5.62. The lowest BCUT2D eigenvalue weighted by Crippen LogP contribution is -2.32. The van der Waals surface area contributed by atoms with Crippen LogP contribution in [0.15, 0.2) is 16.7 Å². The van der Waals surface area contributed by atoms with Crippen molar-refractivity contribution in [2.75, 3.05) is 11.9 Å². The Hall–Kier alpha value is -1.21. The largest absolute Gasteiger partial charge is 0.378 e. The highest BCUT2D eigenvalue weighted by atomic mass is 79.9. The summed E-state index contributed by atoms with van der Waals surface area (Å²) in [5, 5.41) is 14.1. The summed E-state index contributed by atoms with van der Waals surface area (Å²) in [6, 6.07) is 1.62. The van der Waals surface area contributed by atoms with Crippen LogP contribution in [0.4, 0.5) is 11.5 Å². The van der Waals surface area contributed by atoms with Crippen molar-refractivity contribution in [3.63, 3.8) is 0 Å². The van der Waals surface area contributed by atoms with Gasteiger partial charge in [0.25, 0.3) is 0 Å². The van der Waals surface area contributed by atoms with E-state index in [1.165, 1.54) is 6.07 Å². The van der Waals surface area contributed by atoms with Crippen molar-refractivity contribution in [1.82, 2.24) is 4.98 Å². The van der Waals surface area contributed by atoms with E-state index in [0.717, 1.165) is 12.8 Å². The fraction of sp³-hybridized carbons (Fsp3) is 0.545. The summed E-state index contributed by atoms with van der Waals surface area (Å²) in [6.07, 6.45) is 3.39. The second-order valence-electron chi connectivity index (χ2n) is 4.33. The van der Waals surface area contributed by atoms with Crippen LogP contribution in [0.2, 0.25) is 0 Å². The van der Waals surface area contributed by atoms with Gasteiger partial charge in [-0.15, -0.1) is 0 Å². The molecule has 1 aromatic heterocycles. The van der Waals surface area contributed by atoms with E-state index in [0.29, 0.717) is 16.9 Å². The van der Waals surface area contributed by atoms with Gasteiger partial charge in [-0.2, -0.15) is 0 Å². The molecule has 98 valence electrons. The Morgan fingerprint density at radius 3 is 3.11 bits per heavy atom. The normalized spacial score (nSPS) is 23.7. The van der Waals surface area contributed by atoms with Crippen molar-refractivity contribution in [2.24, 2.45) is 0 Å². The number of anilines is 1. The minimum atomic E-state index is -0.428. The van der Waals surface area contributed by atoms with Gasteiger partial charge in [0.15, 0.2) is 0 Å². The average molecular weight is 316 g/mol. The minimum absolute atomic E-state index is 0.0106. The van der Waals surface area contributed by atoms with Gasteiger partial charge in [0.05, 0.1) is 11.0 Å². The van der Waals surface area contributed by atoms with Crippen molar-refractivity contribution < 1.29 is 9.66 Å². The van der Waals surface area contributed by atoms with Crippen LogP contribution in [-0.2, 0) is 4.74 Å². The molecule has 1 aliphatic heterocycles. The third kappa shape index (κ3) is 3.17. The molecule has 7 heteroatoms. The number of aromatic nitrogens is 1. The average Bonchev–Trinajstić information content (AvgIpc) is 2.31. The highest BCUT2D eigenvalue weighted by Gasteiger charge is 2.23. The number of rotatable bonds is 3. The summed E-state index contributed by atoms with van der Waals surface area (Å²) in [6.45, 7) is 2.67. The number of ether oxygens (including phenoxy) is 1. The van der Waals surface area contributed by atoms with Crippen molar-refractivity contribution in [3.8, 4) is 0 Å². The van der Waals surface area contributed by atoms with Crippen molar-refractivity contribution >= 4 is 27.4 Å². The predicted octanol–water partition coefficient (Wildman–Crippen LogP) is 2.73. The van der Waals surface area contributed by atoms with Crippen molar-refractivity contribution in [2.45, 2.75) is 31.9 Å². The summed E-state index contributed by atoms with van der Waals surface area (Å²) in [5.41, 5.74) is -0.0106. The Bertz CT molecular complexity index is 455. The molecule has 0 amide bonds. The van der Waals surface area contributed by atoms with Crippen LogP contribution in [-0.4, -0.2) is 28.7 Å². The molecule has 1 N–H and O–H groups in total. The minimum Gasteiger partial charge on any atom is -0.378 e. The molecular formula is C11H14BrN3O3. The third-order valence-electron chi connectivity index (χ3n) is 2.86. The number of pyridine rings is 1. The molecule has 0 bridgehead atoms. The quantitative estimate of drug-likeness (QED) is 0.685. The molecule has 0 aliphatic carbocycles. The first-order chi connectivity index (χ1) is 8.56. The Kier molecular flexibility index (Phi) is 4.13. The maximum Gasteiger partial charge on any atom is 0.312 e. The molecule has 2 unspecified atom stereocenters. The lowest BCUT2D eigenvalue weighted by Gasteiger charge is -2.28. The van der Waals surface area contributed by atoms with Crippen LogP contribution in [0.25, 0.3) is 0 Å². The summed E-state index contributed by atoms with van der Waals surface area (Å²) >= 11 is 3.18. The molecule has 18 heavy (non-hydrogen) atoms. The first kappa shape index (κ1) is 13.2. The zero-order valence-corrected chi connectivity index (χ0v) is 11.5. The highest BCUT2D eigenvalue weighted by Crippen LogP contribution is 2.27.